The zero-order valence-electron chi connectivity index (χ0n) is 12.2. The van der Waals surface area contributed by atoms with Gasteiger partial charge in [0, 0.05) is 12.1 Å². The average molecular weight is 295 g/mol. The molecular formula is C15H21NO3S. The third kappa shape index (κ3) is 3.03. The molecule has 0 unspecified atom stereocenters. The summed E-state index contributed by atoms with van der Waals surface area (Å²) in [5.41, 5.74) is 2.34. The molecule has 1 aromatic carbocycles. The molecule has 1 heterocycles. The maximum absolute atomic E-state index is 12.4. The maximum atomic E-state index is 12.4. The summed E-state index contributed by atoms with van der Waals surface area (Å²) >= 11 is 0. The number of nitrogens with zero attached hydrogens (tertiary/aromatic N) is 1. The number of anilines is 1. The van der Waals surface area contributed by atoms with Gasteiger partial charge in [0.2, 0.25) is 10.0 Å². The Bertz CT molecular complexity index is 620. The molecule has 0 amide bonds. The Morgan fingerprint density at radius 2 is 2.05 bits per heavy atom. The Kier molecular flexibility index (Phi) is 4.18. The van der Waals surface area contributed by atoms with E-state index >= 15 is 0 Å². The van der Waals surface area contributed by atoms with Crippen molar-refractivity contribution in [1.82, 2.24) is 0 Å². The third-order valence-corrected chi connectivity index (χ3v) is 5.58. The van der Waals surface area contributed by atoms with Crippen LogP contribution in [0.5, 0.6) is 0 Å². The fourth-order valence-corrected chi connectivity index (χ4v) is 4.49. The van der Waals surface area contributed by atoms with Crippen LogP contribution in [0.4, 0.5) is 5.69 Å². The number of hydrogen-bond donors (Lipinski definition) is 0. The minimum Gasteiger partial charge on any atom is -0.295 e. The number of fused-ring (bicyclic) bond motifs is 1. The Labute approximate surface area is 120 Å². The van der Waals surface area contributed by atoms with Crippen molar-refractivity contribution in [3.63, 3.8) is 0 Å². The summed E-state index contributed by atoms with van der Waals surface area (Å²) in [4.78, 5) is 11.4. The molecule has 0 aromatic heterocycles. The van der Waals surface area contributed by atoms with Crippen LogP contribution >= 0.6 is 0 Å². The molecule has 5 heteroatoms. The number of ketones is 1. The van der Waals surface area contributed by atoms with Gasteiger partial charge in [0.05, 0.1) is 11.4 Å². The number of hydrogen-bond acceptors (Lipinski definition) is 3. The summed E-state index contributed by atoms with van der Waals surface area (Å²) in [5, 5.41) is 0. The first kappa shape index (κ1) is 15.0. The van der Waals surface area contributed by atoms with Gasteiger partial charge in [-0.1, -0.05) is 13.8 Å². The molecule has 0 saturated carbocycles. The van der Waals surface area contributed by atoms with Crippen LogP contribution in [0.3, 0.4) is 0 Å². The first-order chi connectivity index (χ1) is 9.31. The number of benzene rings is 1. The van der Waals surface area contributed by atoms with E-state index in [0.717, 1.165) is 24.1 Å². The van der Waals surface area contributed by atoms with Gasteiger partial charge in [-0.15, -0.1) is 0 Å². The van der Waals surface area contributed by atoms with Crippen molar-refractivity contribution in [3.05, 3.63) is 29.3 Å². The van der Waals surface area contributed by atoms with E-state index < -0.39 is 10.0 Å². The number of Topliss-reactive ketones (excluding diaryl/α,β-unsaturated/α-hetero) is 1. The molecule has 1 aliphatic rings. The van der Waals surface area contributed by atoms with Gasteiger partial charge in [-0.3, -0.25) is 9.10 Å². The van der Waals surface area contributed by atoms with Crippen LogP contribution in [0.1, 0.15) is 43.1 Å². The van der Waals surface area contributed by atoms with Crippen LogP contribution in [-0.2, 0) is 16.4 Å². The molecule has 0 saturated heterocycles. The highest BCUT2D eigenvalue weighted by Crippen LogP contribution is 2.31. The van der Waals surface area contributed by atoms with E-state index in [9.17, 15) is 13.2 Å². The minimum absolute atomic E-state index is 0.00922. The third-order valence-electron chi connectivity index (χ3n) is 3.44. The van der Waals surface area contributed by atoms with Crippen molar-refractivity contribution in [2.75, 3.05) is 16.6 Å². The van der Waals surface area contributed by atoms with Gasteiger partial charge in [-0.25, -0.2) is 8.42 Å². The smallest absolute Gasteiger partial charge is 0.235 e. The summed E-state index contributed by atoms with van der Waals surface area (Å²) in [6.07, 6.45) is 1.62. The molecule has 110 valence electrons. The molecule has 0 aliphatic carbocycles. The van der Waals surface area contributed by atoms with Crippen LogP contribution in [0.2, 0.25) is 0 Å². The van der Waals surface area contributed by atoms with E-state index in [2.05, 4.69) is 0 Å². The van der Waals surface area contributed by atoms with Gasteiger partial charge >= 0.3 is 0 Å². The van der Waals surface area contributed by atoms with Crippen molar-refractivity contribution in [1.29, 1.82) is 0 Å². The predicted molar refractivity (Wildman–Crippen MR) is 80.7 cm³/mol. The SMILES string of the molecule is CC(=O)c1ccc2c(c1)CCCN2S(=O)(=O)CC(C)C. The molecule has 20 heavy (non-hydrogen) atoms. The molecule has 0 atom stereocenters. The number of aryl methyl sites for hydroxylation is 1. The highest BCUT2D eigenvalue weighted by Gasteiger charge is 2.28. The second-order valence-electron chi connectivity index (χ2n) is 5.75. The van der Waals surface area contributed by atoms with E-state index in [1.165, 1.54) is 11.2 Å². The summed E-state index contributed by atoms with van der Waals surface area (Å²) in [6, 6.07) is 5.31. The first-order valence-electron chi connectivity index (χ1n) is 6.95. The molecule has 4 nitrogen and oxygen atoms in total. The summed E-state index contributed by atoms with van der Waals surface area (Å²) in [7, 11) is -3.28. The van der Waals surface area contributed by atoms with E-state index in [1.807, 2.05) is 19.9 Å². The van der Waals surface area contributed by atoms with Crippen LogP contribution < -0.4 is 4.31 Å². The molecule has 0 bridgehead atoms. The van der Waals surface area contributed by atoms with E-state index in [1.54, 1.807) is 12.1 Å². The number of rotatable bonds is 4. The zero-order valence-corrected chi connectivity index (χ0v) is 13.0. The predicted octanol–water partition coefficient (Wildman–Crippen LogP) is 2.63. The first-order valence-corrected chi connectivity index (χ1v) is 8.56. The van der Waals surface area contributed by atoms with Gasteiger partial charge in [0.15, 0.2) is 5.78 Å². The average Bonchev–Trinajstić information content (AvgIpc) is 2.35. The quantitative estimate of drug-likeness (QED) is 0.802. The normalized spacial score (nSPS) is 15.3. The maximum Gasteiger partial charge on any atom is 0.235 e. The summed E-state index contributed by atoms with van der Waals surface area (Å²) in [6.45, 7) is 5.86. The van der Waals surface area contributed by atoms with Crippen molar-refractivity contribution in [2.45, 2.75) is 33.6 Å². The molecule has 0 spiro atoms. The Hall–Kier alpha value is -1.36. The van der Waals surface area contributed by atoms with Crippen molar-refractivity contribution < 1.29 is 13.2 Å². The second kappa shape index (κ2) is 5.56. The monoisotopic (exact) mass is 295 g/mol. The van der Waals surface area contributed by atoms with Gasteiger partial charge in [-0.05, 0) is 49.4 Å². The lowest BCUT2D eigenvalue weighted by atomic mass is 9.99. The lowest BCUT2D eigenvalue weighted by Crippen LogP contribution is -2.38. The lowest BCUT2D eigenvalue weighted by Gasteiger charge is -2.31. The highest BCUT2D eigenvalue weighted by molar-refractivity contribution is 7.92. The molecule has 1 aliphatic heterocycles. The Morgan fingerprint density at radius 3 is 2.65 bits per heavy atom. The van der Waals surface area contributed by atoms with Crippen molar-refractivity contribution >= 4 is 21.5 Å². The van der Waals surface area contributed by atoms with Gasteiger partial charge < -0.3 is 0 Å². The van der Waals surface area contributed by atoms with Gasteiger partial charge in [-0.2, -0.15) is 0 Å². The molecule has 0 radical (unpaired) electrons. The Balaban J connectivity index is 2.41. The molecular weight excluding hydrogens is 274 g/mol. The van der Waals surface area contributed by atoms with E-state index in [0.29, 0.717) is 12.1 Å². The summed E-state index contributed by atoms with van der Waals surface area (Å²) < 4.78 is 26.4. The molecule has 0 N–H and O–H groups in total. The summed E-state index contributed by atoms with van der Waals surface area (Å²) in [5.74, 6) is 0.262. The van der Waals surface area contributed by atoms with Gasteiger partial charge in [0.1, 0.15) is 0 Å². The fourth-order valence-electron chi connectivity index (χ4n) is 2.58. The van der Waals surface area contributed by atoms with Crippen LogP contribution in [-0.4, -0.2) is 26.5 Å². The lowest BCUT2D eigenvalue weighted by molar-refractivity contribution is 0.101. The zero-order chi connectivity index (χ0) is 14.9. The molecule has 1 aromatic rings. The second-order valence-corrected chi connectivity index (χ2v) is 7.69. The van der Waals surface area contributed by atoms with Crippen LogP contribution in [0.25, 0.3) is 0 Å². The minimum atomic E-state index is -3.28. The number of carbonyl (C=O) groups excluding carboxylic acids is 1. The van der Waals surface area contributed by atoms with E-state index in [-0.39, 0.29) is 17.5 Å². The van der Waals surface area contributed by atoms with Crippen molar-refractivity contribution in [2.24, 2.45) is 5.92 Å². The topological polar surface area (TPSA) is 54.5 Å². The number of sulfonamides is 1. The van der Waals surface area contributed by atoms with E-state index in [4.69, 9.17) is 0 Å². The number of carbonyl (C=O) groups is 1. The van der Waals surface area contributed by atoms with Crippen LogP contribution in [0.15, 0.2) is 18.2 Å². The highest BCUT2D eigenvalue weighted by atomic mass is 32.2. The van der Waals surface area contributed by atoms with Crippen molar-refractivity contribution in [3.8, 4) is 0 Å². The molecule has 0 fully saturated rings. The standard InChI is InChI=1S/C15H21NO3S/c1-11(2)10-20(18,19)16-8-4-5-14-9-13(12(3)17)6-7-15(14)16/h6-7,9,11H,4-5,8,10H2,1-3H3. The Morgan fingerprint density at radius 1 is 1.35 bits per heavy atom. The fraction of sp³-hybridized carbons (Fsp3) is 0.533. The van der Waals surface area contributed by atoms with Gasteiger partial charge in [0.25, 0.3) is 0 Å². The molecule has 2 rings (SSSR count). The van der Waals surface area contributed by atoms with Crippen LogP contribution in [0, 0.1) is 5.92 Å². The largest absolute Gasteiger partial charge is 0.295 e.